The van der Waals surface area contributed by atoms with E-state index >= 15 is 0 Å². The lowest BCUT2D eigenvalue weighted by Gasteiger charge is -2.26. The monoisotopic (exact) mass is 277 g/mol. The molecule has 4 N–H and O–H groups in total. The van der Waals surface area contributed by atoms with E-state index in [1.165, 1.54) is 12.3 Å². The molecule has 1 aromatic heterocycles. The first-order chi connectivity index (χ1) is 9.60. The minimum atomic E-state index is -1.11. The molecule has 1 aliphatic rings. The predicted octanol–water partition coefficient (Wildman–Crippen LogP) is 1.48. The number of carboxylic acid groups (broad SMARTS) is 1. The van der Waals surface area contributed by atoms with Crippen LogP contribution in [0.5, 0.6) is 0 Å². The summed E-state index contributed by atoms with van der Waals surface area (Å²) >= 11 is 0. The zero-order valence-electron chi connectivity index (χ0n) is 11.2. The van der Waals surface area contributed by atoms with Crippen molar-refractivity contribution in [2.45, 2.75) is 25.7 Å². The van der Waals surface area contributed by atoms with E-state index in [2.05, 4.69) is 10.3 Å². The highest BCUT2D eigenvalue weighted by molar-refractivity contribution is 5.94. The molecule has 1 heterocycles. The van der Waals surface area contributed by atoms with Crippen LogP contribution in [0.4, 0.5) is 5.69 Å². The number of carbonyl (C=O) groups is 2. The smallest absolute Gasteiger partial charge is 0.354 e. The highest BCUT2D eigenvalue weighted by Crippen LogP contribution is 2.29. The first kappa shape index (κ1) is 14.5. The summed E-state index contributed by atoms with van der Waals surface area (Å²) in [5.74, 6) is -0.648. The Kier molecular flexibility index (Phi) is 4.68. The lowest BCUT2D eigenvalue weighted by atomic mass is 9.81. The van der Waals surface area contributed by atoms with E-state index in [0.29, 0.717) is 18.2 Å². The summed E-state index contributed by atoms with van der Waals surface area (Å²) in [7, 11) is 0. The highest BCUT2D eigenvalue weighted by atomic mass is 16.4. The van der Waals surface area contributed by atoms with E-state index in [-0.39, 0.29) is 17.5 Å². The van der Waals surface area contributed by atoms with E-state index in [9.17, 15) is 9.59 Å². The van der Waals surface area contributed by atoms with E-state index in [1.54, 1.807) is 6.07 Å². The first-order valence-electron chi connectivity index (χ1n) is 6.80. The molecule has 1 amide bonds. The van der Waals surface area contributed by atoms with Gasteiger partial charge in [-0.1, -0.05) is 0 Å². The molecule has 6 nitrogen and oxygen atoms in total. The second kappa shape index (κ2) is 6.47. The topological polar surface area (TPSA) is 105 Å². The molecule has 1 aliphatic carbocycles. The maximum Gasteiger partial charge on any atom is 0.354 e. The van der Waals surface area contributed by atoms with Crippen molar-refractivity contribution in [3.63, 3.8) is 0 Å². The van der Waals surface area contributed by atoms with Crippen LogP contribution in [-0.4, -0.2) is 28.5 Å². The zero-order valence-corrected chi connectivity index (χ0v) is 11.2. The number of nitrogens with zero attached hydrogens (tertiary/aromatic N) is 1. The third kappa shape index (κ3) is 3.54. The molecule has 0 radical (unpaired) electrons. The van der Waals surface area contributed by atoms with Crippen LogP contribution in [0.15, 0.2) is 18.3 Å². The Bertz CT molecular complexity index is 496. The van der Waals surface area contributed by atoms with Gasteiger partial charge in [0.15, 0.2) is 0 Å². The summed E-state index contributed by atoms with van der Waals surface area (Å²) in [4.78, 5) is 26.7. The molecule has 0 aromatic carbocycles. The van der Waals surface area contributed by atoms with Crippen LogP contribution in [0.25, 0.3) is 0 Å². The third-order valence-corrected chi connectivity index (χ3v) is 3.80. The number of pyridine rings is 1. The molecule has 0 unspecified atom stereocenters. The quantitative estimate of drug-likeness (QED) is 0.773. The van der Waals surface area contributed by atoms with Gasteiger partial charge in [-0.05, 0) is 50.3 Å². The van der Waals surface area contributed by atoms with Gasteiger partial charge in [0.25, 0.3) is 0 Å². The molecule has 0 saturated heterocycles. The fourth-order valence-electron chi connectivity index (χ4n) is 2.53. The van der Waals surface area contributed by atoms with Crippen molar-refractivity contribution in [2.75, 3.05) is 11.9 Å². The summed E-state index contributed by atoms with van der Waals surface area (Å²) < 4.78 is 0. The number of anilines is 1. The average molecular weight is 277 g/mol. The van der Waals surface area contributed by atoms with E-state index in [4.69, 9.17) is 10.8 Å². The number of hydrogen-bond donors (Lipinski definition) is 3. The lowest BCUT2D eigenvalue weighted by Crippen LogP contribution is -2.29. The summed E-state index contributed by atoms with van der Waals surface area (Å²) in [6.45, 7) is 0.681. The molecule has 2 rings (SSSR count). The second-order valence-electron chi connectivity index (χ2n) is 5.18. The predicted molar refractivity (Wildman–Crippen MR) is 74.3 cm³/mol. The maximum absolute atomic E-state index is 12.1. The number of aromatic nitrogens is 1. The molecule has 1 fully saturated rings. The molecule has 1 saturated carbocycles. The molecule has 0 spiro atoms. The second-order valence-corrected chi connectivity index (χ2v) is 5.18. The van der Waals surface area contributed by atoms with Crippen molar-refractivity contribution in [1.82, 2.24) is 4.98 Å². The van der Waals surface area contributed by atoms with Crippen molar-refractivity contribution in [2.24, 2.45) is 17.6 Å². The van der Waals surface area contributed by atoms with Gasteiger partial charge >= 0.3 is 5.97 Å². The fraction of sp³-hybridized carbons (Fsp3) is 0.500. The lowest BCUT2D eigenvalue weighted by molar-refractivity contribution is -0.121. The normalized spacial score (nSPS) is 22.2. The van der Waals surface area contributed by atoms with Gasteiger partial charge in [0.2, 0.25) is 5.91 Å². The van der Waals surface area contributed by atoms with Crippen molar-refractivity contribution >= 4 is 17.6 Å². The average Bonchev–Trinajstić information content (AvgIpc) is 2.47. The largest absolute Gasteiger partial charge is 0.477 e. The highest BCUT2D eigenvalue weighted by Gasteiger charge is 2.25. The summed E-state index contributed by atoms with van der Waals surface area (Å²) in [6.07, 6.45) is 5.01. The number of rotatable bonds is 4. The van der Waals surface area contributed by atoms with Gasteiger partial charge < -0.3 is 16.2 Å². The zero-order chi connectivity index (χ0) is 14.5. The van der Waals surface area contributed by atoms with Crippen LogP contribution in [0, 0.1) is 11.8 Å². The molecule has 0 aliphatic heterocycles. The van der Waals surface area contributed by atoms with Crippen LogP contribution in [0.3, 0.4) is 0 Å². The molecule has 20 heavy (non-hydrogen) atoms. The van der Waals surface area contributed by atoms with Crippen molar-refractivity contribution < 1.29 is 14.7 Å². The van der Waals surface area contributed by atoms with Gasteiger partial charge in [-0.15, -0.1) is 0 Å². The number of nitrogens with one attached hydrogen (secondary N) is 1. The number of carbonyl (C=O) groups excluding carboxylic acids is 1. The fourth-order valence-corrected chi connectivity index (χ4v) is 2.53. The van der Waals surface area contributed by atoms with Gasteiger partial charge in [0, 0.05) is 17.8 Å². The molecule has 6 heteroatoms. The van der Waals surface area contributed by atoms with Crippen LogP contribution >= 0.6 is 0 Å². The number of nitrogens with two attached hydrogens (primary N) is 1. The Morgan fingerprint density at radius 1 is 1.35 bits per heavy atom. The Hall–Kier alpha value is -1.95. The van der Waals surface area contributed by atoms with Gasteiger partial charge in [-0.2, -0.15) is 0 Å². The third-order valence-electron chi connectivity index (χ3n) is 3.80. The van der Waals surface area contributed by atoms with Crippen LogP contribution in [-0.2, 0) is 4.79 Å². The molecule has 0 bridgehead atoms. The molecular weight excluding hydrogens is 258 g/mol. The van der Waals surface area contributed by atoms with Crippen molar-refractivity contribution in [3.8, 4) is 0 Å². The standard InChI is InChI=1S/C14H19N3O3/c15-8-9-1-3-10(4-2-9)13(18)17-11-5-6-16-12(7-11)14(19)20/h5-7,9-10H,1-4,8,15H2,(H,19,20)(H,16,17,18)/t9-,10-. The van der Waals surface area contributed by atoms with Gasteiger partial charge in [-0.3, -0.25) is 4.79 Å². The van der Waals surface area contributed by atoms with E-state index in [1.807, 2.05) is 0 Å². The number of aromatic carboxylic acids is 1. The Balaban J connectivity index is 1.95. The van der Waals surface area contributed by atoms with Gasteiger partial charge in [0.1, 0.15) is 5.69 Å². The Morgan fingerprint density at radius 3 is 2.65 bits per heavy atom. The van der Waals surface area contributed by atoms with Gasteiger partial charge in [-0.25, -0.2) is 9.78 Å². The first-order valence-corrected chi connectivity index (χ1v) is 6.80. The minimum absolute atomic E-state index is 0.0146. The van der Waals surface area contributed by atoms with Crippen LogP contribution < -0.4 is 11.1 Å². The molecule has 108 valence electrons. The van der Waals surface area contributed by atoms with E-state index in [0.717, 1.165) is 25.7 Å². The summed E-state index contributed by atoms with van der Waals surface area (Å²) in [5.41, 5.74) is 6.03. The van der Waals surface area contributed by atoms with Gasteiger partial charge in [0.05, 0.1) is 0 Å². The molecular formula is C14H19N3O3. The molecule has 1 aromatic rings. The molecule has 0 atom stereocenters. The van der Waals surface area contributed by atoms with Crippen LogP contribution in [0.1, 0.15) is 36.2 Å². The minimum Gasteiger partial charge on any atom is -0.477 e. The number of hydrogen-bond acceptors (Lipinski definition) is 4. The number of amides is 1. The Labute approximate surface area is 117 Å². The number of carboxylic acids is 1. The summed E-state index contributed by atoms with van der Waals surface area (Å²) in [5, 5.41) is 11.6. The van der Waals surface area contributed by atoms with Crippen molar-refractivity contribution in [3.05, 3.63) is 24.0 Å². The Morgan fingerprint density at radius 2 is 2.05 bits per heavy atom. The maximum atomic E-state index is 12.1. The van der Waals surface area contributed by atoms with Crippen LogP contribution in [0.2, 0.25) is 0 Å². The summed E-state index contributed by atoms with van der Waals surface area (Å²) in [6, 6.07) is 2.96. The van der Waals surface area contributed by atoms with Crippen molar-refractivity contribution in [1.29, 1.82) is 0 Å². The van der Waals surface area contributed by atoms with E-state index < -0.39 is 5.97 Å². The SMILES string of the molecule is NC[C@H]1CC[C@H](C(=O)Nc2ccnc(C(=O)O)c2)CC1.